The third kappa shape index (κ3) is 4.41. The minimum absolute atomic E-state index is 0.0314. The maximum Gasteiger partial charge on any atom is 0.247 e. The van der Waals surface area contributed by atoms with Crippen LogP contribution in [0.4, 0.5) is 5.69 Å². The molecule has 0 unspecified atom stereocenters. The van der Waals surface area contributed by atoms with Crippen molar-refractivity contribution < 1.29 is 13.2 Å². The fourth-order valence-corrected chi connectivity index (χ4v) is 3.72. The number of hydrogen-bond donors (Lipinski definition) is 2. The highest BCUT2D eigenvalue weighted by Crippen LogP contribution is 2.20. The van der Waals surface area contributed by atoms with Crippen molar-refractivity contribution in [2.75, 3.05) is 5.32 Å². The number of anilines is 1. The van der Waals surface area contributed by atoms with E-state index < -0.39 is 10.0 Å². The second kappa shape index (κ2) is 6.87. The molecule has 1 fully saturated rings. The second-order valence-electron chi connectivity index (χ2n) is 5.17. The molecule has 0 spiro atoms. The molecule has 1 saturated carbocycles. The number of benzene rings is 1. The number of amides is 1. The Morgan fingerprint density at radius 2 is 1.76 bits per heavy atom. The van der Waals surface area contributed by atoms with E-state index in [1.165, 1.54) is 18.6 Å². The van der Waals surface area contributed by atoms with Crippen molar-refractivity contribution in [1.82, 2.24) is 4.72 Å². The molecule has 2 N–H and O–H groups in total. The highest BCUT2D eigenvalue weighted by atomic mass is 32.2. The predicted octanol–water partition coefficient (Wildman–Crippen LogP) is 2.42. The van der Waals surface area contributed by atoms with Gasteiger partial charge in [-0.2, -0.15) is 0 Å². The average Bonchev–Trinajstić information content (AvgIpc) is 2.48. The zero-order chi connectivity index (χ0) is 15.3. The maximum absolute atomic E-state index is 12.3. The van der Waals surface area contributed by atoms with Crippen LogP contribution in [-0.4, -0.2) is 20.4 Å². The van der Waals surface area contributed by atoms with Gasteiger partial charge < -0.3 is 5.32 Å². The first-order valence-electron chi connectivity index (χ1n) is 7.07. The molecule has 1 amide bonds. The van der Waals surface area contributed by atoms with E-state index in [0.717, 1.165) is 31.8 Å². The van der Waals surface area contributed by atoms with Crippen molar-refractivity contribution >= 4 is 21.6 Å². The van der Waals surface area contributed by atoms with E-state index in [-0.39, 0.29) is 16.8 Å². The third-order valence-corrected chi connectivity index (χ3v) is 5.08. The molecule has 0 saturated heterocycles. The molecule has 1 aromatic rings. The summed E-state index contributed by atoms with van der Waals surface area (Å²) in [4.78, 5) is 11.4. The van der Waals surface area contributed by atoms with Gasteiger partial charge in [0.05, 0.1) is 4.90 Å². The van der Waals surface area contributed by atoms with Crippen LogP contribution in [0.5, 0.6) is 0 Å². The van der Waals surface area contributed by atoms with E-state index in [1.807, 2.05) is 0 Å². The molecule has 5 nitrogen and oxygen atoms in total. The molecular formula is C15H20N2O3S. The zero-order valence-corrected chi connectivity index (χ0v) is 12.7. The van der Waals surface area contributed by atoms with Crippen LogP contribution in [0.3, 0.4) is 0 Å². The lowest BCUT2D eigenvalue weighted by Crippen LogP contribution is -2.36. The fourth-order valence-electron chi connectivity index (χ4n) is 2.42. The molecule has 2 rings (SSSR count). The van der Waals surface area contributed by atoms with E-state index in [2.05, 4.69) is 16.6 Å². The molecule has 6 heteroatoms. The zero-order valence-electron chi connectivity index (χ0n) is 11.8. The summed E-state index contributed by atoms with van der Waals surface area (Å²) in [5.74, 6) is -0.328. The minimum Gasteiger partial charge on any atom is -0.323 e. The minimum atomic E-state index is -3.49. The SMILES string of the molecule is C=CC(=O)Nc1ccc(S(=O)(=O)NC2CCCCC2)cc1. The van der Waals surface area contributed by atoms with E-state index >= 15 is 0 Å². The van der Waals surface area contributed by atoms with Crippen LogP contribution >= 0.6 is 0 Å². The van der Waals surface area contributed by atoms with E-state index in [0.29, 0.717) is 5.69 Å². The fraction of sp³-hybridized carbons (Fsp3) is 0.400. The molecule has 0 radical (unpaired) electrons. The molecule has 0 aliphatic heterocycles. The van der Waals surface area contributed by atoms with Gasteiger partial charge >= 0.3 is 0 Å². The van der Waals surface area contributed by atoms with Gasteiger partial charge in [0.15, 0.2) is 0 Å². The Morgan fingerprint density at radius 1 is 1.14 bits per heavy atom. The first-order valence-corrected chi connectivity index (χ1v) is 8.55. The molecule has 0 bridgehead atoms. The summed E-state index contributed by atoms with van der Waals surface area (Å²) in [6.07, 6.45) is 6.27. The molecule has 114 valence electrons. The van der Waals surface area contributed by atoms with Crippen molar-refractivity contribution in [3.8, 4) is 0 Å². The number of carbonyl (C=O) groups is 1. The lowest BCUT2D eigenvalue weighted by Gasteiger charge is -2.22. The van der Waals surface area contributed by atoms with E-state index in [1.54, 1.807) is 12.1 Å². The standard InChI is InChI=1S/C15H20N2O3S/c1-2-15(18)16-12-8-10-14(11-9-12)21(19,20)17-13-6-4-3-5-7-13/h2,8-11,13,17H,1,3-7H2,(H,16,18). The van der Waals surface area contributed by atoms with Crippen LogP contribution in [-0.2, 0) is 14.8 Å². The van der Waals surface area contributed by atoms with Gasteiger partial charge in [0, 0.05) is 11.7 Å². The highest BCUT2D eigenvalue weighted by molar-refractivity contribution is 7.89. The van der Waals surface area contributed by atoms with Crippen molar-refractivity contribution in [2.45, 2.75) is 43.0 Å². The molecule has 0 aromatic heterocycles. The molecule has 21 heavy (non-hydrogen) atoms. The van der Waals surface area contributed by atoms with E-state index in [4.69, 9.17) is 0 Å². The molecule has 1 aromatic carbocycles. The highest BCUT2D eigenvalue weighted by Gasteiger charge is 2.21. The first-order chi connectivity index (χ1) is 10.0. The van der Waals surface area contributed by atoms with Crippen LogP contribution in [0.1, 0.15) is 32.1 Å². The summed E-state index contributed by atoms with van der Waals surface area (Å²) in [5, 5.41) is 2.58. The van der Waals surface area contributed by atoms with E-state index in [9.17, 15) is 13.2 Å². The number of carbonyl (C=O) groups excluding carboxylic acids is 1. The summed E-state index contributed by atoms with van der Waals surface area (Å²) < 4.78 is 27.3. The normalized spacial score (nSPS) is 16.4. The lowest BCUT2D eigenvalue weighted by atomic mass is 9.96. The smallest absolute Gasteiger partial charge is 0.247 e. The van der Waals surface area contributed by atoms with Crippen LogP contribution in [0.15, 0.2) is 41.8 Å². The largest absolute Gasteiger partial charge is 0.323 e. The summed E-state index contributed by atoms with van der Waals surface area (Å²) in [6.45, 7) is 3.36. The Labute approximate surface area is 125 Å². The van der Waals surface area contributed by atoms with Gasteiger partial charge in [0.1, 0.15) is 0 Å². The molecule has 1 aliphatic rings. The summed E-state index contributed by atoms with van der Waals surface area (Å²) in [5.41, 5.74) is 0.538. The van der Waals surface area contributed by atoms with Gasteiger partial charge in [-0.3, -0.25) is 4.79 Å². The van der Waals surface area contributed by atoms with Crippen LogP contribution < -0.4 is 10.0 Å². The lowest BCUT2D eigenvalue weighted by molar-refractivity contribution is -0.111. The Balaban J connectivity index is 2.05. The quantitative estimate of drug-likeness (QED) is 0.820. The summed E-state index contributed by atoms with van der Waals surface area (Å²) >= 11 is 0. The third-order valence-electron chi connectivity index (χ3n) is 3.54. The monoisotopic (exact) mass is 308 g/mol. The summed E-state index contributed by atoms with van der Waals surface area (Å²) in [6, 6.07) is 6.14. The molecule has 0 heterocycles. The molecular weight excluding hydrogens is 288 g/mol. The van der Waals surface area contributed by atoms with Crippen LogP contribution in [0.25, 0.3) is 0 Å². The summed E-state index contributed by atoms with van der Waals surface area (Å²) in [7, 11) is -3.49. The first kappa shape index (κ1) is 15.7. The predicted molar refractivity (Wildman–Crippen MR) is 82.5 cm³/mol. The van der Waals surface area contributed by atoms with Crippen molar-refractivity contribution in [3.63, 3.8) is 0 Å². The number of sulfonamides is 1. The Bertz CT molecular complexity index is 602. The number of hydrogen-bond acceptors (Lipinski definition) is 3. The van der Waals surface area contributed by atoms with Gasteiger partial charge in [0.2, 0.25) is 15.9 Å². The van der Waals surface area contributed by atoms with Gasteiger partial charge in [-0.25, -0.2) is 13.1 Å². The maximum atomic E-state index is 12.3. The van der Waals surface area contributed by atoms with Crippen LogP contribution in [0, 0.1) is 0 Å². The number of nitrogens with one attached hydrogen (secondary N) is 2. The van der Waals surface area contributed by atoms with Gasteiger partial charge in [-0.05, 0) is 43.2 Å². The van der Waals surface area contributed by atoms with Gasteiger partial charge in [-0.15, -0.1) is 0 Å². The molecule has 0 atom stereocenters. The Kier molecular flexibility index (Phi) is 5.14. The Hall–Kier alpha value is -1.66. The van der Waals surface area contributed by atoms with Gasteiger partial charge in [-0.1, -0.05) is 25.8 Å². The van der Waals surface area contributed by atoms with Crippen molar-refractivity contribution in [3.05, 3.63) is 36.9 Å². The van der Waals surface area contributed by atoms with Crippen LogP contribution in [0.2, 0.25) is 0 Å². The average molecular weight is 308 g/mol. The van der Waals surface area contributed by atoms with Crippen molar-refractivity contribution in [2.24, 2.45) is 0 Å². The van der Waals surface area contributed by atoms with Crippen molar-refractivity contribution in [1.29, 1.82) is 0 Å². The topological polar surface area (TPSA) is 75.3 Å². The van der Waals surface area contributed by atoms with Gasteiger partial charge in [0.25, 0.3) is 0 Å². The second-order valence-corrected chi connectivity index (χ2v) is 6.89. The Morgan fingerprint density at radius 3 is 2.33 bits per heavy atom. The number of rotatable bonds is 5. The molecule has 1 aliphatic carbocycles.